The molecular weight excluding hydrogens is 180 g/mol. The van der Waals surface area contributed by atoms with E-state index in [1.165, 1.54) is 0 Å². The lowest BCUT2D eigenvalue weighted by atomic mass is 10.0. The van der Waals surface area contributed by atoms with E-state index in [1.54, 1.807) is 12.3 Å². The summed E-state index contributed by atoms with van der Waals surface area (Å²) in [4.78, 5) is 9.91. The van der Waals surface area contributed by atoms with E-state index in [9.17, 15) is 10.1 Å². The summed E-state index contributed by atoms with van der Waals surface area (Å²) in [6.45, 7) is 0. The topological polar surface area (TPSA) is 55.2 Å². The van der Waals surface area contributed by atoms with E-state index in [1.807, 2.05) is 24.3 Å². The second-order valence-corrected chi connectivity index (χ2v) is 2.89. The highest BCUT2D eigenvalue weighted by molar-refractivity contribution is 5.84. The molecule has 0 atom stereocenters. The van der Waals surface area contributed by atoms with E-state index in [0.29, 0.717) is 5.57 Å². The van der Waals surface area contributed by atoms with Crippen molar-refractivity contribution in [3.8, 4) is 0 Å². The van der Waals surface area contributed by atoms with Crippen molar-refractivity contribution < 1.29 is 4.92 Å². The molecule has 0 spiro atoms. The van der Waals surface area contributed by atoms with Crippen molar-refractivity contribution in [3.05, 3.63) is 58.4 Å². The molecule has 0 fully saturated rings. The van der Waals surface area contributed by atoms with Gasteiger partial charge in [-0.25, -0.2) is 0 Å². The molecule has 0 unspecified atom stereocenters. The Morgan fingerprint density at radius 1 is 1.36 bits per heavy atom. The van der Waals surface area contributed by atoms with Crippen LogP contribution in [0.4, 0.5) is 5.69 Å². The molecule has 70 valence electrons. The van der Waals surface area contributed by atoms with E-state index in [0.717, 1.165) is 17.5 Å². The molecule has 1 N–H and O–H groups in total. The number of hydrogen-bond acceptors (Lipinski definition) is 3. The number of hydrogen-bond donors (Lipinski definition) is 1. The van der Waals surface area contributed by atoms with Crippen molar-refractivity contribution in [3.63, 3.8) is 0 Å². The van der Waals surface area contributed by atoms with Crippen LogP contribution in [0.2, 0.25) is 0 Å². The van der Waals surface area contributed by atoms with Gasteiger partial charge in [0.2, 0.25) is 6.20 Å². The van der Waals surface area contributed by atoms with Gasteiger partial charge in [-0.15, -0.1) is 0 Å². The van der Waals surface area contributed by atoms with E-state index in [2.05, 4.69) is 5.32 Å². The molecule has 0 bridgehead atoms. The third-order valence-corrected chi connectivity index (χ3v) is 1.98. The molecular formula is C10H8N2O2. The van der Waals surface area contributed by atoms with Gasteiger partial charge in [-0.2, -0.15) is 0 Å². The standard InChI is InChI=1S/C10H8N2O2/c13-12(14)7-8-5-6-11-10-4-2-1-3-9(8)10/h1-7,11H. The summed E-state index contributed by atoms with van der Waals surface area (Å²) in [6.07, 6.45) is 4.39. The smallest absolute Gasteiger partial charge is 0.242 e. The zero-order chi connectivity index (χ0) is 9.97. The van der Waals surface area contributed by atoms with E-state index < -0.39 is 4.92 Å². The minimum Gasteiger partial charge on any atom is -0.361 e. The minimum atomic E-state index is -0.443. The third kappa shape index (κ3) is 1.50. The molecule has 1 heterocycles. The van der Waals surface area contributed by atoms with Crippen LogP contribution in [-0.2, 0) is 0 Å². The zero-order valence-electron chi connectivity index (χ0n) is 7.31. The van der Waals surface area contributed by atoms with Crippen LogP contribution in [0.1, 0.15) is 5.56 Å². The Bertz CT molecular complexity index is 436. The van der Waals surface area contributed by atoms with E-state index in [-0.39, 0.29) is 0 Å². The van der Waals surface area contributed by atoms with Crippen LogP contribution < -0.4 is 5.32 Å². The SMILES string of the molecule is O=[N+]([O-])C=C1C=CNc2ccccc21. The van der Waals surface area contributed by atoms with E-state index >= 15 is 0 Å². The summed E-state index contributed by atoms with van der Waals surface area (Å²) >= 11 is 0. The number of allylic oxidation sites excluding steroid dienone is 2. The largest absolute Gasteiger partial charge is 0.361 e. The molecule has 1 aromatic carbocycles. The van der Waals surface area contributed by atoms with Gasteiger partial charge < -0.3 is 5.32 Å². The molecule has 0 aromatic heterocycles. The molecule has 1 aliphatic rings. The van der Waals surface area contributed by atoms with Crippen LogP contribution in [0, 0.1) is 10.1 Å². The number of rotatable bonds is 1. The number of para-hydroxylation sites is 1. The minimum absolute atomic E-state index is 0.443. The van der Waals surface area contributed by atoms with Gasteiger partial charge in [0.15, 0.2) is 0 Å². The highest BCUT2D eigenvalue weighted by Gasteiger charge is 2.10. The summed E-state index contributed by atoms with van der Waals surface area (Å²) in [5.41, 5.74) is 2.36. The predicted molar refractivity (Wildman–Crippen MR) is 54.2 cm³/mol. The maximum Gasteiger partial charge on any atom is 0.242 e. The Kier molecular flexibility index (Phi) is 2.02. The lowest BCUT2D eigenvalue weighted by Gasteiger charge is -2.12. The number of anilines is 1. The Morgan fingerprint density at radius 2 is 2.14 bits per heavy atom. The lowest BCUT2D eigenvalue weighted by Crippen LogP contribution is -2.00. The van der Waals surface area contributed by atoms with Crippen molar-refractivity contribution in [2.45, 2.75) is 0 Å². The van der Waals surface area contributed by atoms with Gasteiger partial charge in [0.25, 0.3) is 0 Å². The molecule has 1 aliphatic heterocycles. The molecule has 4 heteroatoms. The van der Waals surface area contributed by atoms with Crippen LogP contribution in [0.25, 0.3) is 5.57 Å². The first-order chi connectivity index (χ1) is 6.77. The maximum atomic E-state index is 10.4. The maximum absolute atomic E-state index is 10.4. The van der Waals surface area contributed by atoms with Gasteiger partial charge in [0.05, 0.1) is 10.5 Å². The number of fused-ring (bicyclic) bond motifs is 1. The average molecular weight is 188 g/mol. The molecule has 2 rings (SSSR count). The summed E-state index contributed by atoms with van der Waals surface area (Å²) in [5.74, 6) is 0. The van der Waals surface area contributed by atoms with Crippen LogP contribution >= 0.6 is 0 Å². The second kappa shape index (κ2) is 3.33. The second-order valence-electron chi connectivity index (χ2n) is 2.89. The summed E-state index contributed by atoms with van der Waals surface area (Å²) < 4.78 is 0. The highest BCUT2D eigenvalue weighted by atomic mass is 16.6. The first-order valence-electron chi connectivity index (χ1n) is 4.15. The van der Waals surface area contributed by atoms with Crippen LogP contribution in [0.15, 0.2) is 42.7 Å². The lowest BCUT2D eigenvalue weighted by molar-refractivity contribution is -0.401. The fourth-order valence-electron chi connectivity index (χ4n) is 1.40. The quantitative estimate of drug-likeness (QED) is 0.543. The Labute approximate surface area is 80.7 Å². The van der Waals surface area contributed by atoms with Crippen molar-refractivity contribution in [1.29, 1.82) is 0 Å². The molecule has 14 heavy (non-hydrogen) atoms. The molecule has 4 nitrogen and oxygen atoms in total. The number of nitrogens with one attached hydrogen (secondary N) is 1. The Balaban J connectivity index is 2.51. The van der Waals surface area contributed by atoms with Gasteiger partial charge >= 0.3 is 0 Å². The van der Waals surface area contributed by atoms with Gasteiger partial charge in [-0.05, 0) is 12.1 Å². The van der Waals surface area contributed by atoms with Crippen LogP contribution in [0.5, 0.6) is 0 Å². The van der Waals surface area contributed by atoms with Crippen LogP contribution in [0.3, 0.4) is 0 Å². The first-order valence-corrected chi connectivity index (χ1v) is 4.15. The Hall–Kier alpha value is -2.10. The number of benzene rings is 1. The molecule has 0 radical (unpaired) electrons. The van der Waals surface area contributed by atoms with Crippen LogP contribution in [-0.4, -0.2) is 4.92 Å². The molecule has 1 aromatic rings. The first kappa shape index (κ1) is 8.50. The summed E-state index contributed by atoms with van der Waals surface area (Å²) in [5, 5.41) is 13.4. The van der Waals surface area contributed by atoms with Crippen molar-refractivity contribution >= 4 is 11.3 Å². The third-order valence-electron chi connectivity index (χ3n) is 1.98. The number of nitro groups is 1. The Morgan fingerprint density at radius 3 is 2.93 bits per heavy atom. The monoisotopic (exact) mass is 188 g/mol. The highest BCUT2D eigenvalue weighted by Crippen LogP contribution is 2.27. The predicted octanol–water partition coefficient (Wildman–Crippen LogP) is 2.24. The van der Waals surface area contributed by atoms with E-state index in [4.69, 9.17) is 0 Å². The fourth-order valence-corrected chi connectivity index (χ4v) is 1.40. The number of nitrogens with zero attached hydrogens (tertiary/aromatic N) is 1. The summed E-state index contributed by atoms with van der Waals surface area (Å²) in [7, 11) is 0. The fraction of sp³-hybridized carbons (Fsp3) is 0. The molecule has 0 aliphatic carbocycles. The van der Waals surface area contributed by atoms with Crippen molar-refractivity contribution in [2.75, 3.05) is 5.32 Å². The molecule has 0 amide bonds. The van der Waals surface area contributed by atoms with Crippen molar-refractivity contribution in [2.24, 2.45) is 0 Å². The normalized spacial score (nSPS) is 16.1. The van der Waals surface area contributed by atoms with Gasteiger partial charge in [0, 0.05) is 17.5 Å². The zero-order valence-corrected chi connectivity index (χ0v) is 7.31. The summed E-state index contributed by atoms with van der Waals surface area (Å²) in [6, 6.07) is 7.47. The van der Waals surface area contributed by atoms with Gasteiger partial charge in [0.1, 0.15) is 0 Å². The van der Waals surface area contributed by atoms with Crippen molar-refractivity contribution in [1.82, 2.24) is 0 Å². The molecule has 0 saturated heterocycles. The molecule has 0 saturated carbocycles. The average Bonchev–Trinajstić information content (AvgIpc) is 2.18. The van der Waals surface area contributed by atoms with Gasteiger partial charge in [-0.3, -0.25) is 10.1 Å². The van der Waals surface area contributed by atoms with Gasteiger partial charge in [-0.1, -0.05) is 18.2 Å².